The lowest BCUT2D eigenvalue weighted by Gasteiger charge is -2.30. The maximum absolute atomic E-state index is 12.5. The van der Waals surface area contributed by atoms with Crippen molar-refractivity contribution in [3.63, 3.8) is 0 Å². The Morgan fingerprint density at radius 2 is 1.60 bits per heavy atom. The van der Waals surface area contributed by atoms with Gasteiger partial charge in [-0.2, -0.15) is 0 Å². The van der Waals surface area contributed by atoms with E-state index in [0.717, 1.165) is 16.7 Å². The summed E-state index contributed by atoms with van der Waals surface area (Å²) >= 11 is 0. The highest BCUT2D eigenvalue weighted by atomic mass is 16.4. The first-order valence-corrected chi connectivity index (χ1v) is 7.00. The number of likely N-dealkylation sites (tertiary alicyclic amines) is 1. The summed E-state index contributed by atoms with van der Waals surface area (Å²) in [6.45, 7) is 7.05. The van der Waals surface area contributed by atoms with Crippen molar-refractivity contribution < 1.29 is 14.7 Å². The van der Waals surface area contributed by atoms with E-state index in [9.17, 15) is 9.59 Å². The standard InChI is InChI=1S/C16H21NO3/c1-10-8-12(3)14(9-11(10)2)15(18)17-6-4-13(5-7-17)16(19)20/h8-9,13H,4-7H2,1-3H3,(H,19,20). The largest absolute Gasteiger partial charge is 0.481 e. The van der Waals surface area contributed by atoms with E-state index in [1.165, 1.54) is 5.56 Å². The summed E-state index contributed by atoms with van der Waals surface area (Å²) in [6, 6.07) is 3.98. The quantitative estimate of drug-likeness (QED) is 0.902. The van der Waals surface area contributed by atoms with Gasteiger partial charge in [0.1, 0.15) is 0 Å². The number of carboxylic acids is 1. The summed E-state index contributed by atoms with van der Waals surface area (Å²) in [5.41, 5.74) is 4.02. The Balaban J connectivity index is 2.13. The molecule has 0 bridgehead atoms. The normalized spacial score (nSPS) is 16.2. The maximum atomic E-state index is 12.5. The highest BCUT2D eigenvalue weighted by Crippen LogP contribution is 2.22. The van der Waals surface area contributed by atoms with Crippen LogP contribution in [0.25, 0.3) is 0 Å². The molecular formula is C16H21NO3. The molecule has 0 radical (unpaired) electrons. The number of carboxylic acid groups (broad SMARTS) is 1. The number of amides is 1. The molecule has 1 saturated heterocycles. The van der Waals surface area contributed by atoms with E-state index in [4.69, 9.17) is 5.11 Å². The lowest BCUT2D eigenvalue weighted by Crippen LogP contribution is -2.40. The Morgan fingerprint density at radius 1 is 1.05 bits per heavy atom. The number of carbonyl (C=O) groups is 2. The number of piperidine rings is 1. The van der Waals surface area contributed by atoms with Crippen LogP contribution in [0.15, 0.2) is 12.1 Å². The fourth-order valence-corrected chi connectivity index (χ4v) is 2.69. The average Bonchev–Trinajstić information content (AvgIpc) is 2.42. The zero-order valence-electron chi connectivity index (χ0n) is 12.3. The lowest BCUT2D eigenvalue weighted by molar-refractivity contribution is -0.143. The summed E-state index contributed by atoms with van der Waals surface area (Å²) in [4.78, 5) is 25.2. The number of benzene rings is 1. The van der Waals surface area contributed by atoms with E-state index >= 15 is 0 Å². The number of nitrogens with zero attached hydrogens (tertiary/aromatic N) is 1. The Labute approximate surface area is 119 Å². The van der Waals surface area contributed by atoms with E-state index in [-0.39, 0.29) is 11.8 Å². The molecule has 1 aromatic rings. The van der Waals surface area contributed by atoms with Crippen LogP contribution >= 0.6 is 0 Å². The molecule has 1 aliphatic rings. The first-order valence-electron chi connectivity index (χ1n) is 7.00. The van der Waals surface area contributed by atoms with Gasteiger partial charge in [-0.3, -0.25) is 9.59 Å². The Morgan fingerprint density at radius 3 is 2.15 bits per heavy atom. The fourth-order valence-electron chi connectivity index (χ4n) is 2.69. The van der Waals surface area contributed by atoms with Crippen molar-refractivity contribution in [1.29, 1.82) is 0 Å². The minimum atomic E-state index is -0.751. The second-order valence-corrected chi connectivity index (χ2v) is 5.66. The van der Waals surface area contributed by atoms with Crippen LogP contribution in [-0.2, 0) is 4.79 Å². The molecular weight excluding hydrogens is 254 g/mol. The predicted molar refractivity (Wildman–Crippen MR) is 76.9 cm³/mol. The third-order valence-electron chi connectivity index (χ3n) is 4.20. The van der Waals surface area contributed by atoms with Gasteiger partial charge >= 0.3 is 5.97 Å². The molecule has 1 amide bonds. The molecule has 0 saturated carbocycles. The Kier molecular flexibility index (Phi) is 4.12. The number of hydrogen-bond acceptors (Lipinski definition) is 2. The van der Waals surface area contributed by atoms with Crippen LogP contribution in [0, 0.1) is 26.7 Å². The van der Waals surface area contributed by atoms with E-state index in [1.807, 2.05) is 32.9 Å². The van der Waals surface area contributed by atoms with Gasteiger partial charge < -0.3 is 10.0 Å². The molecule has 0 spiro atoms. The van der Waals surface area contributed by atoms with Gasteiger partial charge in [-0.1, -0.05) is 6.07 Å². The number of aryl methyl sites for hydroxylation is 3. The van der Waals surface area contributed by atoms with Gasteiger partial charge in [0.2, 0.25) is 0 Å². The van der Waals surface area contributed by atoms with Crippen molar-refractivity contribution in [3.8, 4) is 0 Å². The van der Waals surface area contributed by atoms with Crippen LogP contribution in [0.4, 0.5) is 0 Å². The van der Waals surface area contributed by atoms with Crippen molar-refractivity contribution in [1.82, 2.24) is 4.90 Å². The molecule has 1 N–H and O–H groups in total. The molecule has 0 aliphatic carbocycles. The zero-order chi connectivity index (χ0) is 14.9. The van der Waals surface area contributed by atoms with Crippen LogP contribution in [-0.4, -0.2) is 35.0 Å². The predicted octanol–water partition coefficient (Wildman–Crippen LogP) is 2.55. The topological polar surface area (TPSA) is 57.6 Å². The van der Waals surface area contributed by atoms with Crippen molar-refractivity contribution in [3.05, 3.63) is 34.4 Å². The second-order valence-electron chi connectivity index (χ2n) is 5.66. The van der Waals surface area contributed by atoms with Gasteiger partial charge in [0.05, 0.1) is 5.92 Å². The van der Waals surface area contributed by atoms with E-state index in [0.29, 0.717) is 25.9 Å². The van der Waals surface area contributed by atoms with Gasteiger partial charge in [0.25, 0.3) is 5.91 Å². The second kappa shape index (κ2) is 5.65. The third-order valence-corrected chi connectivity index (χ3v) is 4.20. The van der Waals surface area contributed by atoms with Crippen molar-refractivity contribution >= 4 is 11.9 Å². The summed E-state index contributed by atoms with van der Waals surface area (Å²) < 4.78 is 0. The Bertz CT molecular complexity index is 543. The summed E-state index contributed by atoms with van der Waals surface area (Å²) in [5, 5.41) is 8.99. The summed E-state index contributed by atoms with van der Waals surface area (Å²) in [5.74, 6) is -1.03. The van der Waals surface area contributed by atoms with Gasteiger partial charge in [0, 0.05) is 18.7 Å². The molecule has 1 fully saturated rings. The van der Waals surface area contributed by atoms with Crippen LogP contribution in [0.2, 0.25) is 0 Å². The molecule has 0 aromatic heterocycles. The number of aliphatic carboxylic acids is 1. The van der Waals surface area contributed by atoms with Crippen LogP contribution in [0.3, 0.4) is 0 Å². The molecule has 4 nitrogen and oxygen atoms in total. The summed E-state index contributed by atoms with van der Waals surface area (Å²) in [7, 11) is 0. The molecule has 0 atom stereocenters. The number of hydrogen-bond donors (Lipinski definition) is 1. The molecule has 1 aliphatic heterocycles. The lowest BCUT2D eigenvalue weighted by atomic mass is 9.95. The number of rotatable bonds is 2. The molecule has 20 heavy (non-hydrogen) atoms. The molecule has 0 unspecified atom stereocenters. The van der Waals surface area contributed by atoms with E-state index in [1.54, 1.807) is 4.90 Å². The smallest absolute Gasteiger partial charge is 0.306 e. The van der Waals surface area contributed by atoms with Gasteiger partial charge in [0.15, 0.2) is 0 Å². The molecule has 1 heterocycles. The van der Waals surface area contributed by atoms with Crippen molar-refractivity contribution in [2.24, 2.45) is 5.92 Å². The first-order chi connectivity index (χ1) is 9.40. The van der Waals surface area contributed by atoms with Gasteiger partial charge in [-0.15, -0.1) is 0 Å². The van der Waals surface area contributed by atoms with Crippen molar-refractivity contribution in [2.75, 3.05) is 13.1 Å². The molecule has 108 valence electrons. The SMILES string of the molecule is Cc1cc(C)c(C(=O)N2CCC(C(=O)O)CC2)cc1C. The minimum Gasteiger partial charge on any atom is -0.481 e. The zero-order valence-corrected chi connectivity index (χ0v) is 12.3. The highest BCUT2D eigenvalue weighted by Gasteiger charge is 2.28. The van der Waals surface area contributed by atoms with Crippen LogP contribution in [0.1, 0.15) is 39.9 Å². The monoisotopic (exact) mass is 275 g/mol. The number of carbonyl (C=O) groups excluding carboxylic acids is 1. The van der Waals surface area contributed by atoms with E-state index < -0.39 is 5.97 Å². The maximum Gasteiger partial charge on any atom is 0.306 e. The van der Waals surface area contributed by atoms with Gasteiger partial charge in [-0.25, -0.2) is 0 Å². The Hall–Kier alpha value is -1.84. The molecule has 2 rings (SSSR count). The molecule has 4 heteroatoms. The highest BCUT2D eigenvalue weighted by molar-refractivity contribution is 5.96. The third kappa shape index (κ3) is 2.84. The molecule has 1 aromatic carbocycles. The van der Waals surface area contributed by atoms with Crippen LogP contribution in [0.5, 0.6) is 0 Å². The van der Waals surface area contributed by atoms with Gasteiger partial charge in [-0.05, 0) is 56.4 Å². The first kappa shape index (κ1) is 14.6. The van der Waals surface area contributed by atoms with Crippen LogP contribution < -0.4 is 0 Å². The van der Waals surface area contributed by atoms with E-state index in [2.05, 4.69) is 0 Å². The minimum absolute atomic E-state index is 0.0226. The summed E-state index contributed by atoms with van der Waals surface area (Å²) in [6.07, 6.45) is 1.09. The fraction of sp³-hybridized carbons (Fsp3) is 0.500. The average molecular weight is 275 g/mol. The van der Waals surface area contributed by atoms with Crippen molar-refractivity contribution in [2.45, 2.75) is 33.6 Å².